The molecule has 0 spiro atoms. The monoisotopic (exact) mass is 389 g/mol. The SMILES string of the molecule is CCCCS(=O)(=O)Nc1ccc(N2CCN(Cc3ccccc3)CC2)nn1. The summed E-state index contributed by atoms with van der Waals surface area (Å²) in [6.07, 6.45) is 1.47. The van der Waals surface area contributed by atoms with E-state index < -0.39 is 10.0 Å². The van der Waals surface area contributed by atoms with E-state index in [1.807, 2.05) is 19.1 Å². The average molecular weight is 390 g/mol. The summed E-state index contributed by atoms with van der Waals surface area (Å²) >= 11 is 0. The van der Waals surface area contributed by atoms with Gasteiger partial charge in [-0.05, 0) is 24.1 Å². The Morgan fingerprint density at radius 1 is 1.00 bits per heavy atom. The molecule has 0 aliphatic carbocycles. The molecule has 0 saturated carbocycles. The van der Waals surface area contributed by atoms with Crippen molar-refractivity contribution in [1.29, 1.82) is 0 Å². The average Bonchev–Trinajstić information content (AvgIpc) is 2.68. The lowest BCUT2D eigenvalue weighted by Gasteiger charge is -2.35. The largest absolute Gasteiger partial charge is 0.353 e. The quantitative estimate of drug-likeness (QED) is 0.747. The smallest absolute Gasteiger partial charge is 0.233 e. The molecular weight excluding hydrogens is 362 g/mol. The minimum Gasteiger partial charge on any atom is -0.353 e. The van der Waals surface area contributed by atoms with Crippen LogP contribution in [0, 0.1) is 0 Å². The van der Waals surface area contributed by atoms with Crippen molar-refractivity contribution in [2.75, 3.05) is 41.6 Å². The van der Waals surface area contributed by atoms with Gasteiger partial charge >= 0.3 is 0 Å². The number of rotatable bonds is 8. The van der Waals surface area contributed by atoms with Gasteiger partial charge in [-0.1, -0.05) is 43.7 Å². The van der Waals surface area contributed by atoms with E-state index in [4.69, 9.17) is 0 Å². The molecule has 1 N–H and O–H groups in total. The van der Waals surface area contributed by atoms with E-state index in [1.165, 1.54) is 5.56 Å². The van der Waals surface area contributed by atoms with Crippen LogP contribution in [0.15, 0.2) is 42.5 Å². The van der Waals surface area contributed by atoms with E-state index in [0.29, 0.717) is 6.42 Å². The van der Waals surface area contributed by atoms with Crippen LogP contribution in [-0.2, 0) is 16.6 Å². The number of sulfonamides is 1. The fraction of sp³-hybridized carbons (Fsp3) is 0.474. The molecule has 1 saturated heterocycles. The number of hydrogen-bond acceptors (Lipinski definition) is 6. The van der Waals surface area contributed by atoms with Gasteiger partial charge in [0.05, 0.1) is 5.75 Å². The van der Waals surface area contributed by atoms with E-state index in [2.05, 4.69) is 49.0 Å². The van der Waals surface area contributed by atoms with Crippen LogP contribution < -0.4 is 9.62 Å². The standard InChI is InChI=1S/C19H27N5O2S/c1-2-3-15-27(25,26)22-18-9-10-19(21-20-18)24-13-11-23(12-14-24)16-17-7-5-4-6-8-17/h4-10H,2-3,11-16H2,1H3,(H,20,22). The van der Waals surface area contributed by atoms with Gasteiger partial charge in [0.1, 0.15) is 0 Å². The lowest BCUT2D eigenvalue weighted by atomic mass is 10.2. The Kier molecular flexibility index (Phi) is 6.63. The highest BCUT2D eigenvalue weighted by molar-refractivity contribution is 7.92. The minimum absolute atomic E-state index is 0.107. The summed E-state index contributed by atoms with van der Waals surface area (Å²) in [5.41, 5.74) is 1.32. The number of anilines is 2. The van der Waals surface area contributed by atoms with Gasteiger partial charge in [-0.2, -0.15) is 0 Å². The third kappa shape index (κ3) is 5.90. The predicted octanol–water partition coefficient (Wildman–Crippen LogP) is 2.34. The molecule has 0 unspecified atom stereocenters. The van der Waals surface area contributed by atoms with Crippen molar-refractivity contribution in [2.24, 2.45) is 0 Å². The van der Waals surface area contributed by atoms with E-state index in [9.17, 15) is 8.42 Å². The van der Waals surface area contributed by atoms with E-state index >= 15 is 0 Å². The molecule has 2 aromatic rings. The molecule has 0 radical (unpaired) electrons. The first-order chi connectivity index (χ1) is 13.1. The summed E-state index contributed by atoms with van der Waals surface area (Å²) in [5, 5.41) is 8.24. The number of nitrogens with zero attached hydrogens (tertiary/aromatic N) is 4. The van der Waals surface area contributed by atoms with Crippen LogP contribution in [0.4, 0.5) is 11.6 Å². The highest BCUT2D eigenvalue weighted by atomic mass is 32.2. The molecule has 146 valence electrons. The molecule has 0 atom stereocenters. The van der Waals surface area contributed by atoms with Crippen LogP contribution >= 0.6 is 0 Å². The highest BCUT2D eigenvalue weighted by Crippen LogP contribution is 2.16. The van der Waals surface area contributed by atoms with Crippen LogP contribution in [0.2, 0.25) is 0 Å². The first-order valence-electron chi connectivity index (χ1n) is 9.41. The minimum atomic E-state index is -3.34. The Morgan fingerprint density at radius 3 is 2.37 bits per heavy atom. The Morgan fingerprint density at radius 2 is 1.74 bits per heavy atom. The molecule has 0 bridgehead atoms. The van der Waals surface area contributed by atoms with Crippen LogP contribution in [-0.4, -0.2) is 55.4 Å². The van der Waals surface area contributed by atoms with Gasteiger partial charge in [-0.15, -0.1) is 10.2 Å². The summed E-state index contributed by atoms with van der Waals surface area (Å²) in [6, 6.07) is 14.0. The second kappa shape index (κ2) is 9.14. The van der Waals surface area contributed by atoms with Gasteiger partial charge in [-0.25, -0.2) is 8.42 Å². The molecule has 2 heterocycles. The predicted molar refractivity (Wildman–Crippen MR) is 108 cm³/mol. The van der Waals surface area contributed by atoms with Crippen LogP contribution in [0.1, 0.15) is 25.3 Å². The summed E-state index contributed by atoms with van der Waals surface area (Å²) < 4.78 is 26.4. The maximum absolute atomic E-state index is 11.9. The summed E-state index contributed by atoms with van der Waals surface area (Å²) in [5.74, 6) is 1.17. The summed E-state index contributed by atoms with van der Waals surface area (Å²) in [7, 11) is -3.34. The molecule has 1 aromatic heterocycles. The van der Waals surface area contributed by atoms with Crippen LogP contribution in [0.25, 0.3) is 0 Å². The van der Waals surface area contributed by atoms with Gasteiger partial charge in [0.2, 0.25) is 10.0 Å². The maximum atomic E-state index is 11.9. The van der Waals surface area contributed by atoms with Crippen LogP contribution in [0.3, 0.4) is 0 Å². The maximum Gasteiger partial charge on any atom is 0.233 e. The molecule has 3 rings (SSSR count). The van der Waals surface area contributed by atoms with Crippen molar-refractivity contribution in [3.63, 3.8) is 0 Å². The fourth-order valence-corrected chi connectivity index (χ4v) is 4.27. The normalized spacial score (nSPS) is 15.7. The van der Waals surface area contributed by atoms with E-state index in [0.717, 1.165) is 45.0 Å². The van der Waals surface area contributed by atoms with Crippen molar-refractivity contribution >= 4 is 21.7 Å². The third-order valence-corrected chi connectivity index (χ3v) is 5.97. The number of benzene rings is 1. The highest BCUT2D eigenvalue weighted by Gasteiger charge is 2.19. The lowest BCUT2D eigenvalue weighted by Crippen LogP contribution is -2.46. The second-order valence-corrected chi connectivity index (χ2v) is 8.64. The first-order valence-corrected chi connectivity index (χ1v) is 11.1. The number of unbranched alkanes of at least 4 members (excludes halogenated alkanes) is 1. The van der Waals surface area contributed by atoms with Crippen molar-refractivity contribution < 1.29 is 8.42 Å². The van der Waals surface area contributed by atoms with E-state index in [-0.39, 0.29) is 11.6 Å². The molecule has 1 aliphatic heterocycles. The zero-order valence-electron chi connectivity index (χ0n) is 15.7. The Balaban J connectivity index is 1.51. The molecule has 7 nitrogen and oxygen atoms in total. The fourth-order valence-electron chi connectivity index (χ4n) is 3.07. The van der Waals surface area contributed by atoms with Crippen molar-refractivity contribution in [3.8, 4) is 0 Å². The van der Waals surface area contributed by atoms with Crippen LogP contribution in [0.5, 0.6) is 0 Å². The van der Waals surface area contributed by atoms with Gasteiger partial charge < -0.3 is 4.90 Å². The number of piperazine rings is 1. The molecule has 1 aliphatic rings. The Bertz CT molecular complexity index is 804. The topological polar surface area (TPSA) is 78.4 Å². The first kappa shape index (κ1) is 19.6. The third-order valence-electron chi connectivity index (χ3n) is 4.62. The molecule has 27 heavy (non-hydrogen) atoms. The summed E-state index contributed by atoms with van der Waals surface area (Å²) in [4.78, 5) is 4.61. The summed E-state index contributed by atoms with van der Waals surface area (Å²) in [6.45, 7) is 6.60. The van der Waals surface area contributed by atoms with Gasteiger partial charge in [-0.3, -0.25) is 9.62 Å². The molecule has 8 heteroatoms. The van der Waals surface area contributed by atoms with Gasteiger partial charge in [0.15, 0.2) is 11.6 Å². The number of aromatic nitrogens is 2. The van der Waals surface area contributed by atoms with Gasteiger partial charge in [0, 0.05) is 32.7 Å². The van der Waals surface area contributed by atoms with E-state index in [1.54, 1.807) is 6.07 Å². The molecular formula is C19H27N5O2S. The van der Waals surface area contributed by atoms with Crippen molar-refractivity contribution in [3.05, 3.63) is 48.0 Å². The number of hydrogen-bond donors (Lipinski definition) is 1. The van der Waals surface area contributed by atoms with Crippen molar-refractivity contribution in [1.82, 2.24) is 15.1 Å². The lowest BCUT2D eigenvalue weighted by molar-refractivity contribution is 0.249. The zero-order chi connectivity index (χ0) is 19.1. The Labute approximate surface area is 161 Å². The number of nitrogens with one attached hydrogen (secondary N) is 1. The Hall–Kier alpha value is -2.19. The van der Waals surface area contributed by atoms with Gasteiger partial charge in [0.25, 0.3) is 0 Å². The molecule has 1 fully saturated rings. The molecule has 1 aromatic carbocycles. The van der Waals surface area contributed by atoms with Crippen molar-refractivity contribution in [2.45, 2.75) is 26.3 Å². The molecule has 0 amide bonds. The zero-order valence-corrected chi connectivity index (χ0v) is 16.5. The second-order valence-electron chi connectivity index (χ2n) is 6.80.